The van der Waals surface area contributed by atoms with Crippen LogP contribution in [0.3, 0.4) is 0 Å². The van der Waals surface area contributed by atoms with Crippen molar-refractivity contribution in [2.24, 2.45) is 0 Å². The highest BCUT2D eigenvalue weighted by atomic mass is 79.9. The summed E-state index contributed by atoms with van der Waals surface area (Å²) >= 11 is 10.0. The Morgan fingerprint density at radius 1 is 1.38 bits per heavy atom. The molecule has 0 aromatic rings. The lowest BCUT2D eigenvalue weighted by atomic mass is 10.4. The van der Waals surface area contributed by atoms with Crippen molar-refractivity contribution in [1.29, 1.82) is 0 Å². The number of rotatable bonds is 3. The van der Waals surface area contributed by atoms with Gasteiger partial charge in [-0.2, -0.15) is 0 Å². The summed E-state index contributed by atoms with van der Waals surface area (Å²) in [7, 11) is 0. The van der Waals surface area contributed by atoms with Gasteiger partial charge in [0.05, 0.1) is 0 Å². The summed E-state index contributed by atoms with van der Waals surface area (Å²) in [6.07, 6.45) is 3.23. The topological polar surface area (TPSA) is 0 Å². The summed E-state index contributed by atoms with van der Waals surface area (Å²) in [5.41, 5.74) is 0. The average Bonchev–Trinajstić information content (AvgIpc) is 1.83. The zero-order valence-corrected chi connectivity index (χ0v) is 9.09. The van der Waals surface area contributed by atoms with Gasteiger partial charge in [-0.3, -0.25) is 0 Å². The molecular formula is C5H7Br3. The maximum absolute atomic E-state index is 3.37. The zero-order valence-electron chi connectivity index (χ0n) is 4.33. The number of alkyl halides is 2. The Bertz CT molecular complexity index is 77.7. The minimum absolute atomic E-state index is 0.917. The highest BCUT2D eigenvalue weighted by Crippen LogP contribution is 2.09. The quantitative estimate of drug-likeness (QED) is 0.701. The highest BCUT2D eigenvalue weighted by Gasteiger charge is 1.83. The monoisotopic (exact) mass is 304 g/mol. The SMILES string of the molecule is BrCCC=C(Br)CBr. The first kappa shape index (κ1) is 9.18. The molecule has 0 aliphatic rings. The second kappa shape index (κ2) is 6.30. The molecule has 0 aliphatic heterocycles. The van der Waals surface area contributed by atoms with E-state index >= 15 is 0 Å². The fourth-order valence-corrected chi connectivity index (χ4v) is 0.952. The van der Waals surface area contributed by atoms with E-state index in [2.05, 4.69) is 53.9 Å². The molecule has 0 bridgehead atoms. The molecule has 0 saturated carbocycles. The van der Waals surface area contributed by atoms with Gasteiger partial charge in [-0.15, -0.1) is 0 Å². The van der Waals surface area contributed by atoms with Gasteiger partial charge in [0, 0.05) is 15.1 Å². The van der Waals surface area contributed by atoms with E-state index in [4.69, 9.17) is 0 Å². The van der Waals surface area contributed by atoms with E-state index in [1.807, 2.05) is 0 Å². The largest absolute Gasteiger partial charge is 0.0925 e. The molecule has 0 aliphatic carbocycles. The number of hydrogen-bond acceptors (Lipinski definition) is 0. The predicted octanol–water partition coefficient (Wildman–Crippen LogP) is 3.45. The van der Waals surface area contributed by atoms with Crippen molar-refractivity contribution < 1.29 is 0 Å². The zero-order chi connectivity index (χ0) is 6.41. The van der Waals surface area contributed by atoms with Crippen LogP contribution in [0.25, 0.3) is 0 Å². The molecule has 0 heterocycles. The number of halogens is 3. The van der Waals surface area contributed by atoms with E-state index in [0.29, 0.717) is 0 Å². The first-order chi connectivity index (χ1) is 3.81. The van der Waals surface area contributed by atoms with E-state index < -0.39 is 0 Å². The van der Waals surface area contributed by atoms with Crippen LogP contribution in [0.15, 0.2) is 10.6 Å². The standard InChI is InChI=1S/C5H7Br3/c6-3-1-2-5(8)4-7/h2H,1,3-4H2. The second-order valence-corrected chi connectivity index (χ2v) is 3.63. The maximum atomic E-state index is 3.37. The minimum atomic E-state index is 0.917. The summed E-state index contributed by atoms with van der Waals surface area (Å²) in [6, 6.07) is 0. The van der Waals surface area contributed by atoms with Gasteiger partial charge in [0.1, 0.15) is 0 Å². The fourth-order valence-electron chi connectivity index (χ4n) is 0.266. The molecule has 8 heavy (non-hydrogen) atoms. The van der Waals surface area contributed by atoms with Crippen LogP contribution in [-0.2, 0) is 0 Å². The molecule has 48 valence electrons. The average molecular weight is 307 g/mol. The minimum Gasteiger partial charge on any atom is -0.0925 e. The summed E-state index contributed by atoms with van der Waals surface area (Å²) in [5, 5.41) is 1.95. The van der Waals surface area contributed by atoms with Crippen LogP contribution in [0.4, 0.5) is 0 Å². The molecule has 0 aromatic heterocycles. The number of hydrogen-bond donors (Lipinski definition) is 0. The van der Waals surface area contributed by atoms with E-state index in [0.717, 1.165) is 17.1 Å². The molecule has 0 radical (unpaired) electrons. The van der Waals surface area contributed by atoms with Gasteiger partial charge in [0.25, 0.3) is 0 Å². The molecule has 0 nitrogen and oxygen atoms in total. The number of allylic oxidation sites excluding steroid dienone is 2. The fraction of sp³-hybridized carbons (Fsp3) is 0.600. The first-order valence-electron chi connectivity index (χ1n) is 2.27. The third kappa shape index (κ3) is 5.32. The maximum Gasteiger partial charge on any atom is 0.0346 e. The van der Waals surface area contributed by atoms with E-state index in [1.165, 1.54) is 4.48 Å². The van der Waals surface area contributed by atoms with E-state index in [9.17, 15) is 0 Å². The summed E-state index contributed by atoms with van der Waals surface area (Å²) < 4.78 is 1.22. The smallest absolute Gasteiger partial charge is 0.0346 e. The van der Waals surface area contributed by atoms with Gasteiger partial charge in [-0.1, -0.05) is 53.9 Å². The lowest BCUT2D eigenvalue weighted by Gasteiger charge is -1.87. The van der Waals surface area contributed by atoms with Crippen LogP contribution in [0, 0.1) is 0 Å². The molecule has 3 heteroatoms. The Morgan fingerprint density at radius 2 is 2.00 bits per heavy atom. The molecule has 0 spiro atoms. The van der Waals surface area contributed by atoms with E-state index in [1.54, 1.807) is 0 Å². The Morgan fingerprint density at radius 3 is 2.38 bits per heavy atom. The van der Waals surface area contributed by atoms with Crippen LogP contribution in [0.5, 0.6) is 0 Å². The van der Waals surface area contributed by atoms with Crippen molar-refractivity contribution in [3.8, 4) is 0 Å². The molecule has 0 fully saturated rings. The van der Waals surface area contributed by atoms with Gasteiger partial charge in [-0.25, -0.2) is 0 Å². The lowest BCUT2D eigenvalue weighted by molar-refractivity contribution is 1.25. The van der Waals surface area contributed by atoms with Crippen LogP contribution < -0.4 is 0 Å². The molecule has 0 N–H and O–H groups in total. The summed E-state index contributed by atoms with van der Waals surface area (Å²) in [5.74, 6) is 0. The highest BCUT2D eigenvalue weighted by molar-refractivity contribution is 9.13. The Kier molecular flexibility index (Phi) is 7.23. The molecular weight excluding hydrogens is 300 g/mol. The van der Waals surface area contributed by atoms with Gasteiger partial charge in [0.15, 0.2) is 0 Å². The predicted molar refractivity (Wildman–Crippen MR) is 49.2 cm³/mol. The molecule has 0 amide bonds. The Hall–Kier alpha value is 1.18. The van der Waals surface area contributed by atoms with Crippen molar-refractivity contribution in [1.82, 2.24) is 0 Å². The Labute approximate surface area is 75.1 Å². The van der Waals surface area contributed by atoms with Gasteiger partial charge in [0.2, 0.25) is 0 Å². The van der Waals surface area contributed by atoms with E-state index in [-0.39, 0.29) is 0 Å². The van der Waals surface area contributed by atoms with Crippen molar-refractivity contribution >= 4 is 47.8 Å². The van der Waals surface area contributed by atoms with Crippen LogP contribution >= 0.6 is 47.8 Å². The molecule has 0 aromatic carbocycles. The van der Waals surface area contributed by atoms with Crippen molar-refractivity contribution in [2.75, 3.05) is 10.7 Å². The summed E-state index contributed by atoms with van der Waals surface area (Å²) in [4.78, 5) is 0. The third-order valence-corrected chi connectivity index (χ3v) is 3.02. The Balaban J connectivity index is 3.26. The molecule has 0 rings (SSSR count). The van der Waals surface area contributed by atoms with Crippen LogP contribution in [0.1, 0.15) is 6.42 Å². The van der Waals surface area contributed by atoms with Crippen molar-refractivity contribution in [2.45, 2.75) is 6.42 Å². The molecule has 0 unspecified atom stereocenters. The molecule has 0 atom stereocenters. The molecule has 0 saturated heterocycles. The van der Waals surface area contributed by atoms with Gasteiger partial charge in [-0.05, 0) is 6.42 Å². The normalized spacial score (nSPS) is 12.1. The van der Waals surface area contributed by atoms with Crippen molar-refractivity contribution in [3.63, 3.8) is 0 Å². The second-order valence-electron chi connectivity index (χ2n) is 1.26. The van der Waals surface area contributed by atoms with Crippen LogP contribution in [-0.4, -0.2) is 10.7 Å². The van der Waals surface area contributed by atoms with Crippen LogP contribution in [0.2, 0.25) is 0 Å². The van der Waals surface area contributed by atoms with Gasteiger partial charge >= 0.3 is 0 Å². The van der Waals surface area contributed by atoms with Gasteiger partial charge < -0.3 is 0 Å². The third-order valence-electron chi connectivity index (χ3n) is 0.603. The lowest BCUT2D eigenvalue weighted by Crippen LogP contribution is -1.72. The summed E-state index contributed by atoms with van der Waals surface area (Å²) in [6.45, 7) is 0. The first-order valence-corrected chi connectivity index (χ1v) is 5.31. The van der Waals surface area contributed by atoms with Crippen molar-refractivity contribution in [3.05, 3.63) is 10.6 Å².